The molecule has 0 bridgehead atoms. The molecule has 0 saturated heterocycles. The van der Waals surface area contributed by atoms with Gasteiger partial charge in [0, 0.05) is 12.8 Å². The summed E-state index contributed by atoms with van der Waals surface area (Å²) in [5, 5.41) is 0. The van der Waals surface area contributed by atoms with Gasteiger partial charge < -0.3 is 27.9 Å². The van der Waals surface area contributed by atoms with Crippen molar-refractivity contribution in [2.75, 3.05) is 47.5 Å². The zero-order valence-corrected chi connectivity index (χ0v) is 52.6. The molecule has 2 atom stereocenters. The number of ether oxygens (including phenoxy) is 2. The third-order valence-electron chi connectivity index (χ3n) is 13.2. The van der Waals surface area contributed by atoms with Crippen molar-refractivity contribution in [3.63, 3.8) is 0 Å². The predicted molar refractivity (Wildman–Crippen MR) is 341 cm³/mol. The summed E-state index contributed by atoms with van der Waals surface area (Å²) in [6.07, 6.45) is 86.4. The van der Waals surface area contributed by atoms with Gasteiger partial charge in [0.2, 0.25) is 0 Å². The van der Waals surface area contributed by atoms with E-state index in [1.165, 1.54) is 89.9 Å². The third kappa shape index (κ3) is 63.3. The number of carbonyl (C=O) groups is 2. The zero-order valence-electron chi connectivity index (χ0n) is 51.7. The summed E-state index contributed by atoms with van der Waals surface area (Å²) in [5.41, 5.74) is 0. The first-order valence-electron chi connectivity index (χ1n) is 31.9. The van der Waals surface area contributed by atoms with E-state index in [9.17, 15) is 19.0 Å². The number of quaternary nitrogens is 1. The Balaban J connectivity index is 4.20. The smallest absolute Gasteiger partial charge is 0.306 e. The molecule has 0 aliphatic rings. The molecule has 0 aromatic carbocycles. The highest BCUT2D eigenvalue weighted by Gasteiger charge is 2.22. The summed E-state index contributed by atoms with van der Waals surface area (Å²) < 4.78 is 34.2. The van der Waals surface area contributed by atoms with Crippen LogP contribution >= 0.6 is 7.82 Å². The molecule has 80 heavy (non-hydrogen) atoms. The summed E-state index contributed by atoms with van der Waals surface area (Å²) >= 11 is 0. The summed E-state index contributed by atoms with van der Waals surface area (Å²) in [5.74, 6) is -0.857. The van der Waals surface area contributed by atoms with Crippen molar-refractivity contribution >= 4 is 19.8 Å². The Morgan fingerprint density at radius 2 is 0.713 bits per heavy atom. The average Bonchev–Trinajstić information content (AvgIpc) is 3.42. The molecular weight excluding hydrogens is 1010 g/mol. The second kappa shape index (κ2) is 59.8. The van der Waals surface area contributed by atoms with Crippen LogP contribution < -0.4 is 4.89 Å². The number of allylic oxidation sites excluding steroid dienone is 22. The van der Waals surface area contributed by atoms with Gasteiger partial charge in [-0.3, -0.25) is 14.2 Å². The molecule has 0 fully saturated rings. The van der Waals surface area contributed by atoms with Crippen molar-refractivity contribution < 1.29 is 42.1 Å². The summed E-state index contributed by atoms with van der Waals surface area (Å²) in [7, 11) is 1.14. The standard InChI is InChI=1S/C70H118NO8P/c1-6-8-10-12-14-16-18-20-22-24-26-28-30-31-32-33-34-35-36-37-38-39-41-43-45-47-49-51-53-55-57-59-61-63-70(73)79-68(67-78-80(74,75)77-65-64-71(3,4)5)66-76-69(72)62-60-58-56-54-52-50-48-46-44-42-40-29-27-25-23-21-19-17-15-13-11-9-7-2/h8,10,14,16,19-22,25-28,31-32,34-35,37-38,40-43,68H,6-7,9,11-13,15,17-18,23-24,29-30,33,36,39,44-67H2,1-5H3/b10-8-,16-14-,21-19-,22-20-,27-25-,28-26-,32-31-,35-34-,38-37-,42-40-,43-41-. The van der Waals surface area contributed by atoms with E-state index in [0.717, 1.165) is 116 Å². The van der Waals surface area contributed by atoms with Crippen LogP contribution in [0.2, 0.25) is 0 Å². The van der Waals surface area contributed by atoms with Crippen molar-refractivity contribution in [2.24, 2.45) is 0 Å². The van der Waals surface area contributed by atoms with E-state index in [-0.39, 0.29) is 26.1 Å². The summed E-state index contributed by atoms with van der Waals surface area (Å²) in [6, 6.07) is 0. The van der Waals surface area contributed by atoms with Gasteiger partial charge in [-0.2, -0.15) is 0 Å². The minimum Gasteiger partial charge on any atom is -0.756 e. The Morgan fingerprint density at radius 1 is 0.400 bits per heavy atom. The fourth-order valence-corrected chi connectivity index (χ4v) is 9.00. The quantitative estimate of drug-likeness (QED) is 0.0195. The van der Waals surface area contributed by atoms with E-state index in [0.29, 0.717) is 23.9 Å². The van der Waals surface area contributed by atoms with Crippen molar-refractivity contribution in [2.45, 2.75) is 251 Å². The largest absolute Gasteiger partial charge is 0.756 e. The highest BCUT2D eigenvalue weighted by molar-refractivity contribution is 7.45. The minimum absolute atomic E-state index is 0.0410. The maximum atomic E-state index is 12.8. The number of phosphoric ester groups is 1. The lowest BCUT2D eigenvalue weighted by Gasteiger charge is -2.28. The van der Waals surface area contributed by atoms with Crippen molar-refractivity contribution in [3.8, 4) is 0 Å². The van der Waals surface area contributed by atoms with Gasteiger partial charge in [-0.1, -0.05) is 250 Å². The van der Waals surface area contributed by atoms with E-state index >= 15 is 0 Å². The van der Waals surface area contributed by atoms with E-state index in [1.54, 1.807) is 0 Å². The van der Waals surface area contributed by atoms with Crippen LogP contribution in [0.1, 0.15) is 245 Å². The molecule has 456 valence electrons. The van der Waals surface area contributed by atoms with Gasteiger partial charge >= 0.3 is 11.9 Å². The highest BCUT2D eigenvalue weighted by Crippen LogP contribution is 2.38. The van der Waals surface area contributed by atoms with Crippen LogP contribution in [-0.2, 0) is 32.7 Å². The Hall–Kier alpha value is -3.85. The van der Waals surface area contributed by atoms with Crippen molar-refractivity contribution in [3.05, 3.63) is 134 Å². The SMILES string of the molecule is CC/C=C\C/C=C\C/C=C\C/C=C\C/C=C\C/C=C\C/C=C\C/C=C\CCCCCCCCCCC(=O)OC(COC(=O)CCCCCCCCCC/C=C\C/C=C\C/C=C\CCCCCCC)COP(=O)([O-])OCC[N+](C)(C)C. The van der Waals surface area contributed by atoms with Crippen LogP contribution in [0.25, 0.3) is 0 Å². The number of phosphoric acid groups is 1. The Morgan fingerprint density at radius 3 is 1.06 bits per heavy atom. The fraction of sp³-hybridized carbons (Fsp3) is 0.657. The molecule has 0 spiro atoms. The van der Waals surface area contributed by atoms with Crippen LogP contribution in [-0.4, -0.2) is 70.0 Å². The molecule has 10 heteroatoms. The van der Waals surface area contributed by atoms with Gasteiger partial charge in [-0.05, 0) is 116 Å². The number of likely N-dealkylation sites (N-methyl/N-ethyl adjacent to an activating group) is 1. The molecule has 0 heterocycles. The molecule has 0 aromatic rings. The van der Waals surface area contributed by atoms with Crippen LogP contribution in [0.4, 0.5) is 0 Å². The molecule has 0 aromatic heterocycles. The molecule has 9 nitrogen and oxygen atoms in total. The Bertz CT molecular complexity index is 1810. The van der Waals surface area contributed by atoms with Crippen LogP contribution in [0.3, 0.4) is 0 Å². The lowest BCUT2D eigenvalue weighted by molar-refractivity contribution is -0.870. The van der Waals surface area contributed by atoms with Crippen molar-refractivity contribution in [1.82, 2.24) is 0 Å². The normalized spacial score (nSPS) is 14.1. The third-order valence-corrected chi connectivity index (χ3v) is 14.1. The number of carbonyl (C=O) groups excluding carboxylic acids is 2. The Kier molecular flexibility index (Phi) is 56.9. The number of rotatable bonds is 57. The van der Waals surface area contributed by atoms with Crippen LogP contribution in [0.5, 0.6) is 0 Å². The van der Waals surface area contributed by atoms with E-state index < -0.39 is 32.5 Å². The second-order valence-corrected chi connectivity index (χ2v) is 23.4. The first-order valence-corrected chi connectivity index (χ1v) is 33.4. The first kappa shape index (κ1) is 76.1. The van der Waals surface area contributed by atoms with E-state index in [4.69, 9.17) is 18.5 Å². The van der Waals surface area contributed by atoms with Gasteiger partial charge in [-0.15, -0.1) is 0 Å². The molecule has 0 radical (unpaired) electrons. The maximum absolute atomic E-state index is 12.8. The molecule has 0 aliphatic heterocycles. The summed E-state index contributed by atoms with van der Waals surface area (Å²) in [4.78, 5) is 38.0. The second-order valence-electron chi connectivity index (χ2n) is 22.0. The van der Waals surface area contributed by atoms with E-state index in [1.807, 2.05) is 21.1 Å². The predicted octanol–water partition coefficient (Wildman–Crippen LogP) is 19.9. The minimum atomic E-state index is -4.65. The van der Waals surface area contributed by atoms with Gasteiger partial charge in [0.15, 0.2) is 6.10 Å². The number of nitrogens with zero attached hydrogens (tertiary/aromatic N) is 1. The number of hydrogen-bond acceptors (Lipinski definition) is 8. The topological polar surface area (TPSA) is 111 Å². The highest BCUT2D eigenvalue weighted by atomic mass is 31.2. The monoisotopic (exact) mass is 1130 g/mol. The molecular formula is C70H118NO8P. The average molecular weight is 1130 g/mol. The van der Waals surface area contributed by atoms with Gasteiger partial charge in [0.1, 0.15) is 19.8 Å². The zero-order chi connectivity index (χ0) is 58.4. The lowest BCUT2D eigenvalue weighted by atomic mass is 10.1. The first-order chi connectivity index (χ1) is 39.0. The number of unbranched alkanes of at least 4 members (excludes halogenated alkanes) is 21. The van der Waals surface area contributed by atoms with E-state index in [2.05, 4.69) is 148 Å². The van der Waals surface area contributed by atoms with Gasteiger partial charge in [0.25, 0.3) is 7.82 Å². The molecule has 0 rings (SSSR count). The molecule has 2 unspecified atom stereocenters. The van der Waals surface area contributed by atoms with Crippen LogP contribution in [0, 0.1) is 0 Å². The lowest BCUT2D eigenvalue weighted by Crippen LogP contribution is -2.37. The molecule has 0 amide bonds. The van der Waals surface area contributed by atoms with Crippen LogP contribution in [0.15, 0.2) is 134 Å². The molecule has 0 saturated carbocycles. The maximum Gasteiger partial charge on any atom is 0.306 e. The van der Waals surface area contributed by atoms with Crippen molar-refractivity contribution in [1.29, 1.82) is 0 Å². The fourth-order valence-electron chi connectivity index (χ4n) is 8.27. The van der Waals surface area contributed by atoms with Gasteiger partial charge in [-0.25, -0.2) is 0 Å². The summed E-state index contributed by atoms with van der Waals surface area (Å²) in [6.45, 7) is 4.09. The number of esters is 2. The number of hydrogen-bond donors (Lipinski definition) is 0. The van der Waals surface area contributed by atoms with Gasteiger partial charge in [0.05, 0.1) is 27.7 Å². The molecule has 0 aliphatic carbocycles. The molecule has 0 N–H and O–H groups in total. The Labute approximate surface area is 491 Å².